The number of thioether (sulfide) groups is 1. The van der Waals surface area contributed by atoms with E-state index in [0.717, 1.165) is 10.5 Å². The Kier molecular flexibility index (Phi) is 4.64. The molecule has 3 unspecified atom stereocenters. The average Bonchev–Trinajstić information content (AvgIpc) is 2.60. The zero-order chi connectivity index (χ0) is 11.4. The third kappa shape index (κ3) is 2.54. The monoisotopic (exact) mass is 226 g/mol. The van der Waals surface area contributed by atoms with E-state index in [-0.39, 0.29) is 5.25 Å². The molecular formula is C12H18O2S. The smallest absolute Gasteiger partial charge is 0.0947 e. The summed E-state index contributed by atoms with van der Waals surface area (Å²) >= 11 is 1.55. The van der Waals surface area contributed by atoms with Crippen LogP contribution in [0.25, 0.3) is 0 Å². The topological polar surface area (TPSA) is 40.5 Å². The molecule has 0 amide bonds. The summed E-state index contributed by atoms with van der Waals surface area (Å²) in [6.45, 7) is 5.72. The van der Waals surface area contributed by atoms with Gasteiger partial charge in [-0.25, -0.2) is 0 Å². The van der Waals surface area contributed by atoms with Crippen molar-refractivity contribution in [3.63, 3.8) is 0 Å². The third-order valence-corrected chi connectivity index (χ3v) is 3.84. The Balaban J connectivity index is 0.000000531. The van der Waals surface area contributed by atoms with E-state index in [4.69, 9.17) is 0 Å². The van der Waals surface area contributed by atoms with Crippen LogP contribution in [0.5, 0.6) is 0 Å². The van der Waals surface area contributed by atoms with E-state index < -0.39 is 12.2 Å². The van der Waals surface area contributed by atoms with E-state index in [1.54, 1.807) is 18.7 Å². The second-order valence-electron chi connectivity index (χ2n) is 3.31. The molecule has 0 fully saturated rings. The summed E-state index contributed by atoms with van der Waals surface area (Å²) in [5, 5.41) is 19.1. The van der Waals surface area contributed by atoms with Gasteiger partial charge >= 0.3 is 0 Å². The Morgan fingerprint density at radius 1 is 1.27 bits per heavy atom. The Hall–Kier alpha value is -0.510. The molecular weight excluding hydrogens is 208 g/mol. The lowest BCUT2D eigenvalue weighted by Gasteiger charge is -2.16. The zero-order valence-corrected chi connectivity index (χ0v) is 10.2. The number of fused-ring (bicyclic) bond motifs is 1. The van der Waals surface area contributed by atoms with Crippen LogP contribution in [0.4, 0.5) is 0 Å². The van der Waals surface area contributed by atoms with E-state index in [0.29, 0.717) is 0 Å². The number of hydrogen-bond donors (Lipinski definition) is 2. The van der Waals surface area contributed by atoms with Crippen molar-refractivity contribution in [1.29, 1.82) is 0 Å². The summed E-state index contributed by atoms with van der Waals surface area (Å²) in [5.74, 6) is 0. The van der Waals surface area contributed by atoms with Crippen LogP contribution >= 0.6 is 11.8 Å². The average molecular weight is 226 g/mol. The molecule has 1 aromatic rings. The predicted molar refractivity (Wildman–Crippen MR) is 64.1 cm³/mol. The summed E-state index contributed by atoms with van der Waals surface area (Å²) in [6.07, 6.45) is -1.01. The van der Waals surface area contributed by atoms with Gasteiger partial charge in [0.15, 0.2) is 0 Å². The number of rotatable bonds is 1. The third-order valence-electron chi connectivity index (χ3n) is 2.29. The van der Waals surface area contributed by atoms with Crippen molar-refractivity contribution < 1.29 is 10.2 Å². The molecule has 2 nitrogen and oxygen atoms in total. The van der Waals surface area contributed by atoms with E-state index in [9.17, 15) is 10.2 Å². The second-order valence-corrected chi connectivity index (χ2v) is 4.53. The zero-order valence-electron chi connectivity index (χ0n) is 9.34. The van der Waals surface area contributed by atoms with Crippen molar-refractivity contribution in [2.75, 3.05) is 0 Å². The standard InChI is InChI=1S/C10H12O2S.C2H6/c1-6(11)10-9(12)7-4-2-3-5-8(7)13-10;1-2/h2-6,9-12H,1H3;1-2H3. The molecule has 2 rings (SSSR count). The fourth-order valence-corrected chi connectivity index (χ4v) is 2.83. The summed E-state index contributed by atoms with van der Waals surface area (Å²) in [4.78, 5) is 1.08. The number of hydrogen-bond acceptors (Lipinski definition) is 3. The van der Waals surface area contributed by atoms with E-state index in [1.807, 2.05) is 38.1 Å². The minimum Gasteiger partial charge on any atom is -0.392 e. The van der Waals surface area contributed by atoms with Gasteiger partial charge in [0.05, 0.1) is 17.5 Å². The van der Waals surface area contributed by atoms with Crippen LogP contribution in [0.15, 0.2) is 29.2 Å². The van der Waals surface area contributed by atoms with Gasteiger partial charge in [-0.2, -0.15) is 0 Å². The highest BCUT2D eigenvalue weighted by molar-refractivity contribution is 8.00. The Bertz CT molecular complexity index is 312. The van der Waals surface area contributed by atoms with Crippen LogP contribution in [-0.4, -0.2) is 21.6 Å². The largest absolute Gasteiger partial charge is 0.392 e. The molecule has 84 valence electrons. The van der Waals surface area contributed by atoms with Gasteiger partial charge in [-0.05, 0) is 18.6 Å². The van der Waals surface area contributed by atoms with Gasteiger partial charge in [-0.3, -0.25) is 0 Å². The molecule has 1 aliphatic heterocycles. The molecule has 0 radical (unpaired) electrons. The minimum atomic E-state index is -0.527. The first-order valence-corrected chi connectivity index (χ1v) is 6.20. The van der Waals surface area contributed by atoms with Gasteiger partial charge in [0.1, 0.15) is 0 Å². The number of aliphatic hydroxyl groups is 2. The van der Waals surface area contributed by atoms with Crippen molar-refractivity contribution in [1.82, 2.24) is 0 Å². The molecule has 0 bridgehead atoms. The molecule has 0 aromatic heterocycles. The van der Waals surface area contributed by atoms with Gasteiger partial charge in [0.25, 0.3) is 0 Å². The predicted octanol–water partition coefficient (Wildman–Crippen LogP) is 2.60. The van der Waals surface area contributed by atoms with Crippen molar-refractivity contribution in [3.05, 3.63) is 29.8 Å². The highest BCUT2D eigenvalue weighted by Crippen LogP contribution is 2.45. The summed E-state index contributed by atoms with van der Waals surface area (Å²) in [5.41, 5.74) is 0.943. The maximum absolute atomic E-state index is 9.83. The lowest BCUT2D eigenvalue weighted by Crippen LogP contribution is -2.22. The summed E-state index contributed by atoms with van der Waals surface area (Å²) < 4.78 is 0. The van der Waals surface area contributed by atoms with Gasteiger partial charge in [-0.15, -0.1) is 11.8 Å². The molecule has 0 saturated carbocycles. The lowest BCUT2D eigenvalue weighted by atomic mass is 10.0. The van der Waals surface area contributed by atoms with Crippen molar-refractivity contribution >= 4 is 11.8 Å². The first-order chi connectivity index (χ1) is 7.20. The second kappa shape index (κ2) is 5.54. The molecule has 2 N–H and O–H groups in total. The van der Waals surface area contributed by atoms with E-state index in [1.165, 1.54) is 0 Å². The Morgan fingerprint density at radius 2 is 1.87 bits per heavy atom. The van der Waals surface area contributed by atoms with Gasteiger partial charge in [0, 0.05) is 4.90 Å². The molecule has 3 heteroatoms. The van der Waals surface area contributed by atoms with Crippen LogP contribution in [0.1, 0.15) is 32.4 Å². The minimum absolute atomic E-state index is 0.114. The highest BCUT2D eigenvalue weighted by Gasteiger charge is 2.34. The Morgan fingerprint density at radius 3 is 2.40 bits per heavy atom. The van der Waals surface area contributed by atoms with Crippen molar-refractivity contribution in [2.24, 2.45) is 0 Å². The molecule has 1 heterocycles. The van der Waals surface area contributed by atoms with E-state index >= 15 is 0 Å². The number of benzene rings is 1. The number of aliphatic hydroxyl groups excluding tert-OH is 2. The fourth-order valence-electron chi connectivity index (χ4n) is 1.58. The highest BCUT2D eigenvalue weighted by atomic mass is 32.2. The van der Waals surface area contributed by atoms with Crippen molar-refractivity contribution in [2.45, 2.75) is 43.1 Å². The SMILES string of the molecule is CC.CC(O)C1Sc2ccccc2C1O. The van der Waals surface area contributed by atoms with Gasteiger partial charge in [-0.1, -0.05) is 32.0 Å². The van der Waals surface area contributed by atoms with Crippen LogP contribution in [-0.2, 0) is 0 Å². The van der Waals surface area contributed by atoms with Gasteiger partial charge < -0.3 is 10.2 Å². The quantitative estimate of drug-likeness (QED) is 0.773. The van der Waals surface area contributed by atoms with Crippen LogP contribution < -0.4 is 0 Å². The first kappa shape index (κ1) is 12.6. The maximum Gasteiger partial charge on any atom is 0.0947 e. The van der Waals surface area contributed by atoms with Crippen LogP contribution in [0.3, 0.4) is 0 Å². The van der Waals surface area contributed by atoms with E-state index in [2.05, 4.69) is 0 Å². The van der Waals surface area contributed by atoms with Crippen LogP contribution in [0.2, 0.25) is 0 Å². The van der Waals surface area contributed by atoms with Crippen LogP contribution in [0, 0.1) is 0 Å². The lowest BCUT2D eigenvalue weighted by molar-refractivity contribution is 0.102. The van der Waals surface area contributed by atoms with Crippen molar-refractivity contribution in [3.8, 4) is 0 Å². The first-order valence-electron chi connectivity index (χ1n) is 5.32. The molecule has 15 heavy (non-hydrogen) atoms. The molecule has 0 saturated heterocycles. The molecule has 0 aliphatic carbocycles. The fraction of sp³-hybridized carbons (Fsp3) is 0.500. The molecule has 0 spiro atoms. The summed E-state index contributed by atoms with van der Waals surface area (Å²) in [6, 6.07) is 7.75. The molecule has 1 aromatic carbocycles. The molecule has 1 aliphatic rings. The Labute approximate surface area is 95.3 Å². The maximum atomic E-state index is 9.83. The summed E-state index contributed by atoms with van der Waals surface area (Å²) in [7, 11) is 0. The molecule has 3 atom stereocenters. The van der Waals surface area contributed by atoms with Gasteiger partial charge in [0.2, 0.25) is 0 Å². The normalized spacial score (nSPS) is 25.1.